The summed E-state index contributed by atoms with van der Waals surface area (Å²) in [6.45, 7) is 5.31. The molecule has 1 atom stereocenters. The molecule has 1 aromatic carbocycles. The van der Waals surface area contributed by atoms with Gasteiger partial charge in [0.25, 0.3) is 0 Å². The van der Waals surface area contributed by atoms with E-state index < -0.39 is 10.0 Å². The minimum Gasteiger partial charge on any atom is -0.460 e. The first kappa shape index (κ1) is 26.3. The average molecular weight is 565 g/mol. The van der Waals surface area contributed by atoms with Gasteiger partial charge in [0, 0.05) is 50.3 Å². The molecular weight excluding hydrogens is 536 g/mol. The number of nitrogens with zero attached hydrogens (tertiary/aromatic N) is 6. The molecule has 2 aromatic heterocycles. The number of halogens is 1. The Bertz CT molecular complexity index is 1310. The van der Waals surface area contributed by atoms with E-state index in [1.54, 1.807) is 16.9 Å². The highest BCUT2D eigenvalue weighted by molar-refractivity contribution is 7.89. The lowest BCUT2D eigenvalue weighted by Crippen LogP contribution is -2.52. The van der Waals surface area contributed by atoms with E-state index in [1.807, 2.05) is 35.7 Å². The highest BCUT2D eigenvalue weighted by Crippen LogP contribution is 2.22. The lowest BCUT2D eigenvalue weighted by molar-refractivity contribution is 0.0407. The fourth-order valence-electron chi connectivity index (χ4n) is 4.69. The minimum absolute atomic E-state index is 0.0537. The van der Waals surface area contributed by atoms with E-state index in [1.165, 1.54) is 15.6 Å². The zero-order chi connectivity index (χ0) is 25.8. The number of thiophene rings is 1. The second kappa shape index (κ2) is 11.6. The van der Waals surface area contributed by atoms with Crippen molar-refractivity contribution in [3.8, 4) is 0 Å². The molecule has 0 amide bonds. The Balaban J connectivity index is 1.08. The third-order valence-electron chi connectivity index (χ3n) is 6.71. The quantitative estimate of drug-likeness (QED) is 0.364. The summed E-state index contributed by atoms with van der Waals surface area (Å²) in [5, 5.41) is 10.8. The number of esters is 1. The van der Waals surface area contributed by atoms with Crippen molar-refractivity contribution < 1.29 is 17.9 Å². The number of piperazine rings is 1. The summed E-state index contributed by atoms with van der Waals surface area (Å²) in [6, 6.07) is 11.1. The summed E-state index contributed by atoms with van der Waals surface area (Å²) >= 11 is 7.61. The Kier molecular flexibility index (Phi) is 8.22. The van der Waals surface area contributed by atoms with Crippen LogP contribution in [0.2, 0.25) is 5.02 Å². The molecule has 0 saturated carbocycles. The van der Waals surface area contributed by atoms with Gasteiger partial charge in [-0.2, -0.15) is 4.31 Å². The zero-order valence-electron chi connectivity index (χ0n) is 20.3. The molecule has 2 aliphatic rings. The standard InChI is InChI=1S/C24H29ClN6O4S2/c25-22-5-2-1-4-19(22)14-30-15-20(26-27-30)16-31-17-21(18-37(31,33)34)29-9-7-28(8-10-29)11-12-35-24(32)23-6-3-13-36-23/h1-6,13,15,21H,7-12,14,16-18H2. The molecule has 0 bridgehead atoms. The molecule has 4 heterocycles. The Morgan fingerprint density at radius 3 is 2.68 bits per heavy atom. The van der Waals surface area contributed by atoms with Crippen LogP contribution in [0.5, 0.6) is 0 Å². The van der Waals surface area contributed by atoms with Gasteiger partial charge in [-0.1, -0.05) is 41.1 Å². The van der Waals surface area contributed by atoms with Crippen LogP contribution in [0.1, 0.15) is 20.9 Å². The smallest absolute Gasteiger partial charge is 0.348 e. The van der Waals surface area contributed by atoms with Gasteiger partial charge in [0.1, 0.15) is 11.5 Å². The molecule has 0 radical (unpaired) electrons. The Morgan fingerprint density at radius 1 is 1.11 bits per heavy atom. The molecule has 13 heteroatoms. The maximum Gasteiger partial charge on any atom is 0.348 e. The molecule has 37 heavy (non-hydrogen) atoms. The number of carbonyl (C=O) groups is 1. The van der Waals surface area contributed by atoms with Gasteiger partial charge in [-0.3, -0.25) is 9.80 Å². The molecule has 10 nitrogen and oxygen atoms in total. The van der Waals surface area contributed by atoms with Crippen molar-refractivity contribution in [1.29, 1.82) is 0 Å². The third kappa shape index (κ3) is 6.57. The summed E-state index contributed by atoms with van der Waals surface area (Å²) in [6.07, 6.45) is 1.77. The van der Waals surface area contributed by atoms with Crippen LogP contribution in [-0.4, -0.2) is 101 Å². The number of benzene rings is 1. The summed E-state index contributed by atoms with van der Waals surface area (Å²) in [4.78, 5) is 17.1. The third-order valence-corrected chi connectivity index (χ3v) is 9.80. The van der Waals surface area contributed by atoms with Crippen LogP contribution in [-0.2, 0) is 27.8 Å². The van der Waals surface area contributed by atoms with Crippen molar-refractivity contribution in [1.82, 2.24) is 29.1 Å². The molecule has 0 spiro atoms. The van der Waals surface area contributed by atoms with Gasteiger partial charge in [0.15, 0.2) is 0 Å². The highest BCUT2D eigenvalue weighted by Gasteiger charge is 2.40. The van der Waals surface area contributed by atoms with Gasteiger partial charge in [0.05, 0.1) is 30.7 Å². The Labute approximate surface area is 225 Å². The normalized spacial score (nSPS) is 20.8. The number of hydrogen-bond donors (Lipinski definition) is 0. The highest BCUT2D eigenvalue weighted by atomic mass is 35.5. The number of ether oxygens (including phenoxy) is 1. The average Bonchev–Trinajstić information content (AvgIpc) is 3.63. The first-order valence-electron chi connectivity index (χ1n) is 12.1. The summed E-state index contributed by atoms with van der Waals surface area (Å²) < 4.78 is 34.3. The lowest BCUT2D eigenvalue weighted by Gasteiger charge is -2.37. The van der Waals surface area contributed by atoms with Crippen LogP contribution in [0.3, 0.4) is 0 Å². The van der Waals surface area contributed by atoms with Crippen molar-refractivity contribution in [2.24, 2.45) is 0 Å². The number of carbonyl (C=O) groups excluding carboxylic acids is 1. The van der Waals surface area contributed by atoms with Crippen LogP contribution in [0.25, 0.3) is 0 Å². The second-order valence-electron chi connectivity index (χ2n) is 9.21. The number of hydrogen-bond acceptors (Lipinski definition) is 9. The minimum atomic E-state index is -3.38. The molecule has 5 rings (SSSR count). The predicted molar refractivity (Wildman–Crippen MR) is 141 cm³/mol. The van der Waals surface area contributed by atoms with E-state index in [0.717, 1.165) is 31.7 Å². The van der Waals surface area contributed by atoms with Crippen molar-refractivity contribution in [2.45, 2.75) is 19.1 Å². The summed E-state index contributed by atoms with van der Waals surface area (Å²) in [7, 11) is -3.38. The largest absolute Gasteiger partial charge is 0.460 e. The first-order chi connectivity index (χ1) is 17.9. The second-order valence-corrected chi connectivity index (χ2v) is 12.6. The number of aromatic nitrogens is 3. The summed E-state index contributed by atoms with van der Waals surface area (Å²) in [5.41, 5.74) is 1.53. The predicted octanol–water partition coefficient (Wildman–Crippen LogP) is 2.03. The Hall–Kier alpha value is -2.35. The van der Waals surface area contributed by atoms with Crippen LogP contribution >= 0.6 is 22.9 Å². The maximum atomic E-state index is 12.9. The molecule has 198 valence electrons. The van der Waals surface area contributed by atoms with Gasteiger partial charge in [-0.15, -0.1) is 16.4 Å². The van der Waals surface area contributed by atoms with Crippen LogP contribution in [0.15, 0.2) is 48.0 Å². The van der Waals surface area contributed by atoms with Crippen molar-refractivity contribution in [2.75, 3.05) is 51.6 Å². The fourth-order valence-corrected chi connectivity index (χ4v) is 7.24. The topological polar surface area (TPSA) is 101 Å². The monoisotopic (exact) mass is 564 g/mol. The van der Waals surface area contributed by atoms with Crippen molar-refractivity contribution >= 4 is 38.9 Å². The van der Waals surface area contributed by atoms with E-state index in [9.17, 15) is 13.2 Å². The lowest BCUT2D eigenvalue weighted by atomic mass is 10.2. The van der Waals surface area contributed by atoms with Gasteiger partial charge < -0.3 is 4.74 Å². The SMILES string of the molecule is O=C(OCCN1CCN(C2CN(Cc3cn(Cc4ccccc4Cl)nn3)S(=O)(=O)C2)CC1)c1cccs1. The van der Waals surface area contributed by atoms with E-state index in [2.05, 4.69) is 20.1 Å². The fraction of sp³-hybridized carbons (Fsp3) is 0.458. The van der Waals surface area contributed by atoms with E-state index in [0.29, 0.717) is 41.8 Å². The first-order valence-corrected chi connectivity index (χ1v) is 15.0. The molecule has 0 N–H and O–H groups in total. The van der Waals surface area contributed by atoms with E-state index >= 15 is 0 Å². The Morgan fingerprint density at radius 2 is 1.92 bits per heavy atom. The molecule has 3 aromatic rings. The van der Waals surface area contributed by atoms with Crippen molar-refractivity contribution in [3.05, 3.63) is 69.1 Å². The van der Waals surface area contributed by atoms with Gasteiger partial charge in [-0.25, -0.2) is 17.9 Å². The molecular formula is C24H29ClN6O4S2. The van der Waals surface area contributed by atoms with Gasteiger partial charge in [0.2, 0.25) is 10.0 Å². The van der Waals surface area contributed by atoms with Crippen LogP contribution < -0.4 is 0 Å². The van der Waals surface area contributed by atoms with Crippen LogP contribution in [0.4, 0.5) is 0 Å². The van der Waals surface area contributed by atoms with Crippen molar-refractivity contribution in [3.63, 3.8) is 0 Å². The van der Waals surface area contributed by atoms with E-state index in [4.69, 9.17) is 16.3 Å². The molecule has 2 fully saturated rings. The molecule has 2 aliphatic heterocycles. The molecule has 1 unspecified atom stereocenters. The van der Waals surface area contributed by atoms with Gasteiger partial charge >= 0.3 is 5.97 Å². The van der Waals surface area contributed by atoms with Crippen LogP contribution in [0, 0.1) is 0 Å². The number of sulfonamides is 1. The van der Waals surface area contributed by atoms with Gasteiger partial charge in [-0.05, 0) is 23.1 Å². The maximum absolute atomic E-state index is 12.9. The van der Waals surface area contributed by atoms with E-state index in [-0.39, 0.29) is 24.3 Å². The summed E-state index contributed by atoms with van der Waals surface area (Å²) in [5.74, 6) is -0.173. The zero-order valence-corrected chi connectivity index (χ0v) is 22.7. The molecule has 0 aliphatic carbocycles. The number of rotatable bonds is 9. The molecule has 2 saturated heterocycles.